The lowest BCUT2D eigenvalue weighted by Gasteiger charge is -2.33. The Morgan fingerprint density at radius 2 is 2.07 bits per heavy atom. The number of hydrogen-bond acceptors (Lipinski definition) is 5. The Kier molecular flexibility index (Phi) is 8.91. The molecule has 0 aliphatic carbocycles. The van der Waals surface area contributed by atoms with Gasteiger partial charge in [0.2, 0.25) is 11.8 Å². The second-order valence-corrected chi connectivity index (χ2v) is 7.35. The van der Waals surface area contributed by atoms with Crippen LogP contribution >= 0.6 is 0 Å². The molecule has 0 saturated carbocycles. The molecule has 0 radical (unpaired) electrons. The molecule has 2 heterocycles. The van der Waals surface area contributed by atoms with Gasteiger partial charge >= 0.3 is 5.97 Å². The molecule has 1 aliphatic rings. The van der Waals surface area contributed by atoms with Gasteiger partial charge in [0.1, 0.15) is 0 Å². The van der Waals surface area contributed by atoms with Crippen molar-refractivity contribution in [2.45, 2.75) is 44.9 Å². The topological polar surface area (TPSA) is 79.8 Å². The zero-order chi connectivity index (χ0) is 20.4. The highest BCUT2D eigenvalue weighted by Gasteiger charge is 2.24. The van der Waals surface area contributed by atoms with Gasteiger partial charge in [0.05, 0.1) is 13.5 Å². The molecule has 1 aromatic rings. The molecule has 0 spiro atoms. The van der Waals surface area contributed by atoms with Crippen molar-refractivity contribution in [3.63, 3.8) is 0 Å². The summed E-state index contributed by atoms with van der Waals surface area (Å²) in [5.41, 5.74) is 0.982. The van der Waals surface area contributed by atoms with Crippen molar-refractivity contribution in [2.75, 3.05) is 33.8 Å². The van der Waals surface area contributed by atoms with Crippen LogP contribution in [0.3, 0.4) is 0 Å². The van der Waals surface area contributed by atoms with Gasteiger partial charge in [-0.05, 0) is 37.3 Å². The van der Waals surface area contributed by atoms with Gasteiger partial charge in [-0.3, -0.25) is 19.4 Å². The molecule has 1 fully saturated rings. The molecule has 0 bridgehead atoms. The van der Waals surface area contributed by atoms with Gasteiger partial charge in [-0.25, -0.2) is 0 Å². The summed E-state index contributed by atoms with van der Waals surface area (Å²) in [5.74, 6) is 0.101. The Morgan fingerprint density at radius 3 is 2.79 bits per heavy atom. The number of carbonyl (C=O) groups excluding carboxylic acids is 3. The van der Waals surface area contributed by atoms with Crippen molar-refractivity contribution in [1.29, 1.82) is 0 Å². The number of piperidine rings is 1. The molecular weight excluding hydrogens is 358 g/mol. The number of pyridine rings is 1. The number of aromatic nitrogens is 1. The number of ether oxygens (including phenoxy) is 1. The average Bonchev–Trinajstić information content (AvgIpc) is 2.74. The summed E-state index contributed by atoms with van der Waals surface area (Å²) in [6.45, 7) is 2.05. The Labute approximate surface area is 167 Å². The summed E-state index contributed by atoms with van der Waals surface area (Å²) >= 11 is 0. The van der Waals surface area contributed by atoms with Gasteiger partial charge in [0.25, 0.3) is 0 Å². The predicted octanol–water partition coefficient (Wildman–Crippen LogP) is 2.05. The standard InChI is InChI=1S/C21H31N3O4/c1-23(15-12-18-7-3-4-13-22-18)19(25)9-8-17-6-5-14-24(16-17)20(26)10-11-21(27)28-2/h3-4,7,13,17H,5-6,8-12,14-16H2,1-2H3/t17-/m1/s1. The fraction of sp³-hybridized carbons (Fsp3) is 0.619. The van der Waals surface area contributed by atoms with Gasteiger partial charge in [-0.2, -0.15) is 0 Å². The molecule has 7 heteroatoms. The molecule has 28 heavy (non-hydrogen) atoms. The number of methoxy groups -OCH3 is 1. The summed E-state index contributed by atoms with van der Waals surface area (Å²) in [4.78, 5) is 43.8. The quantitative estimate of drug-likeness (QED) is 0.604. The lowest BCUT2D eigenvalue weighted by molar-refractivity contribution is -0.144. The van der Waals surface area contributed by atoms with E-state index in [9.17, 15) is 14.4 Å². The summed E-state index contributed by atoms with van der Waals surface area (Å²) in [6.07, 6.45) is 6.07. The second kappa shape index (κ2) is 11.4. The third-order valence-corrected chi connectivity index (χ3v) is 5.26. The first-order valence-corrected chi connectivity index (χ1v) is 9.98. The van der Waals surface area contributed by atoms with Gasteiger partial charge in [0.15, 0.2) is 0 Å². The van der Waals surface area contributed by atoms with Crippen LogP contribution in [0, 0.1) is 5.92 Å². The molecule has 1 aliphatic heterocycles. The smallest absolute Gasteiger partial charge is 0.306 e. The van der Waals surface area contributed by atoms with E-state index in [0.717, 1.165) is 37.9 Å². The van der Waals surface area contributed by atoms with Crippen molar-refractivity contribution in [1.82, 2.24) is 14.8 Å². The van der Waals surface area contributed by atoms with E-state index in [1.165, 1.54) is 7.11 Å². The van der Waals surface area contributed by atoms with Gasteiger partial charge < -0.3 is 14.5 Å². The average molecular weight is 389 g/mol. The summed E-state index contributed by atoms with van der Waals surface area (Å²) in [5, 5.41) is 0. The maximum atomic E-state index is 12.4. The predicted molar refractivity (Wildman–Crippen MR) is 105 cm³/mol. The summed E-state index contributed by atoms with van der Waals surface area (Å²) in [6, 6.07) is 5.80. The highest BCUT2D eigenvalue weighted by atomic mass is 16.5. The fourth-order valence-electron chi connectivity index (χ4n) is 3.47. The number of amides is 2. The first-order valence-electron chi connectivity index (χ1n) is 9.98. The minimum atomic E-state index is -0.360. The van der Waals surface area contributed by atoms with E-state index in [1.54, 1.807) is 11.1 Å². The van der Waals surface area contributed by atoms with Crippen molar-refractivity contribution < 1.29 is 19.1 Å². The maximum absolute atomic E-state index is 12.4. The fourth-order valence-corrected chi connectivity index (χ4v) is 3.47. The van der Waals surface area contributed by atoms with Crippen LogP contribution < -0.4 is 0 Å². The van der Waals surface area contributed by atoms with E-state index in [1.807, 2.05) is 30.1 Å². The molecule has 1 aromatic heterocycles. The third kappa shape index (κ3) is 7.29. The molecule has 154 valence electrons. The van der Waals surface area contributed by atoms with Crippen LogP contribution in [-0.2, 0) is 25.5 Å². The molecule has 2 rings (SSSR count). The number of rotatable bonds is 9. The maximum Gasteiger partial charge on any atom is 0.306 e. The minimum absolute atomic E-state index is 0.00564. The van der Waals surface area contributed by atoms with Gasteiger partial charge in [0, 0.05) is 57.8 Å². The van der Waals surface area contributed by atoms with Crippen LogP contribution in [-0.4, -0.2) is 66.4 Å². The highest BCUT2D eigenvalue weighted by molar-refractivity contribution is 5.81. The monoisotopic (exact) mass is 389 g/mol. The normalized spacial score (nSPS) is 16.5. The van der Waals surface area contributed by atoms with Crippen LogP contribution in [0.5, 0.6) is 0 Å². The largest absolute Gasteiger partial charge is 0.469 e. The van der Waals surface area contributed by atoms with E-state index in [-0.39, 0.29) is 30.6 Å². The Hall–Kier alpha value is -2.44. The van der Waals surface area contributed by atoms with Crippen LogP contribution in [0.1, 0.15) is 44.2 Å². The van der Waals surface area contributed by atoms with E-state index in [4.69, 9.17) is 0 Å². The molecular formula is C21H31N3O4. The third-order valence-electron chi connectivity index (χ3n) is 5.26. The minimum Gasteiger partial charge on any atom is -0.469 e. The molecule has 0 unspecified atom stereocenters. The van der Waals surface area contributed by atoms with Crippen LogP contribution in [0.2, 0.25) is 0 Å². The highest BCUT2D eigenvalue weighted by Crippen LogP contribution is 2.22. The SMILES string of the molecule is COC(=O)CCC(=O)N1CCC[C@H](CCC(=O)N(C)CCc2ccccn2)C1. The zero-order valence-corrected chi connectivity index (χ0v) is 16.9. The number of likely N-dealkylation sites (N-methyl/N-ethyl adjacent to an activating group) is 1. The lowest BCUT2D eigenvalue weighted by Crippen LogP contribution is -2.40. The van der Waals surface area contributed by atoms with Crippen molar-refractivity contribution in [3.8, 4) is 0 Å². The Balaban J connectivity index is 1.70. The molecule has 0 aromatic carbocycles. The van der Waals surface area contributed by atoms with Crippen LogP contribution in [0.25, 0.3) is 0 Å². The molecule has 1 atom stereocenters. The van der Waals surface area contributed by atoms with Crippen LogP contribution in [0.15, 0.2) is 24.4 Å². The Bertz CT molecular complexity index is 650. The zero-order valence-electron chi connectivity index (χ0n) is 16.9. The van der Waals surface area contributed by atoms with Gasteiger partial charge in [-0.1, -0.05) is 6.07 Å². The first kappa shape index (κ1) is 21.9. The molecule has 0 N–H and O–H groups in total. The van der Waals surface area contributed by atoms with E-state index < -0.39 is 0 Å². The van der Waals surface area contributed by atoms with Crippen molar-refractivity contribution in [2.24, 2.45) is 5.92 Å². The van der Waals surface area contributed by atoms with E-state index >= 15 is 0 Å². The van der Waals surface area contributed by atoms with Crippen molar-refractivity contribution >= 4 is 17.8 Å². The molecule has 2 amide bonds. The second-order valence-electron chi connectivity index (χ2n) is 7.35. The number of likely N-dealkylation sites (tertiary alicyclic amines) is 1. The van der Waals surface area contributed by atoms with Crippen molar-refractivity contribution in [3.05, 3.63) is 30.1 Å². The molecule has 7 nitrogen and oxygen atoms in total. The number of nitrogens with zero attached hydrogens (tertiary/aromatic N) is 3. The number of hydrogen-bond donors (Lipinski definition) is 0. The number of esters is 1. The van der Waals surface area contributed by atoms with E-state index in [2.05, 4.69) is 9.72 Å². The number of carbonyl (C=O) groups is 3. The lowest BCUT2D eigenvalue weighted by atomic mass is 9.93. The van der Waals surface area contributed by atoms with E-state index in [0.29, 0.717) is 25.4 Å². The molecule has 1 saturated heterocycles. The Morgan fingerprint density at radius 1 is 1.25 bits per heavy atom. The first-order chi connectivity index (χ1) is 13.5. The summed E-state index contributed by atoms with van der Waals surface area (Å²) < 4.78 is 4.59. The van der Waals surface area contributed by atoms with Crippen LogP contribution in [0.4, 0.5) is 0 Å². The summed E-state index contributed by atoms with van der Waals surface area (Å²) in [7, 11) is 3.16. The van der Waals surface area contributed by atoms with Gasteiger partial charge in [-0.15, -0.1) is 0 Å².